The van der Waals surface area contributed by atoms with Crippen molar-refractivity contribution in [3.63, 3.8) is 0 Å². The van der Waals surface area contributed by atoms with Gasteiger partial charge in [-0.15, -0.1) is 0 Å². The van der Waals surface area contributed by atoms with E-state index in [2.05, 4.69) is 0 Å². The maximum absolute atomic E-state index is 11.3. The number of halogens is 1. The van der Waals surface area contributed by atoms with Crippen LogP contribution in [0.1, 0.15) is 11.1 Å². The highest BCUT2D eigenvalue weighted by molar-refractivity contribution is 6.33. The van der Waals surface area contributed by atoms with Gasteiger partial charge >= 0.3 is 5.97 Å². The number of hydrogen-bond donors (Lipinski definition) is 1. The van der Waals surface area contributed by atoms with Crippen molar-refractivity contribution in [3.05, 3.63) is 70.7 Å². The third kappa shape index (κ3) is 2.79. The molecule has 1 N–H and O–H groups in total. The molecule has 0 aliphatic carbocycles. The monoisotopic (exact) mass is 258 g/mol. The van der Waals surface area contributed by atoms with Crippen LogP contribution in [0.25, 0.3) is 11.6 Å². The summed E-state index contributed by atoms with van der Waals surface area (Å²) in [5, 5.41) is 9.80. The molecule has 2 aromatic rings. The van der Waals surface area contributed by atoms with Crippen molar-refractivity contribution in [2.75, 3.05) is 0 Å². The molecule has 2 nitrogen and oxygen atoms in total. The van der Waals surface area contributed by atoms with E-state index in [4.69, 9.17) is 11.6 Å². The van der Waals surface area contributed by atoms with Gasteiger partial charge in [-0.3, -0.25) is 0 Å². The number of carbonyl (C=O) groups is 1. The Morgan fingerprint density at radius 1 is 1.00 bits per heavy atom. The van der Waals surface area contributed by atoms with Crippen molar-refractivity contribution in [3.8, 4) is 0 Å². The van der Waals surface area contributed by atoms with Crippen molar-refractivity contribution in [2.24, 2.45) is 0 Å². The normalized spacial score (nSPS) is 11.3. The Morgan fingerprint density at radius 3 is 2.22 bits per heavy atom. The highest BCUT2D eigenvalue weighted by Crippen LogP contribution is 2.23. The second-order valence-electron chi connectivity index (χ2n) is 3.75. The van der Waals surface area contributed by atoms with Crippen molar-refractivity contribution < 1.29 is 9.90 Å². The van der Waals surface area contributed by atoms with Crippen LogP contribution < -0.4 is 0 Å². The number of aliphatic carboxylic acids is 1. The van der Waals surface area contributed by atoms with Gasteiger partial charge in [-0.1, -0.05) is 60.1 Å². The van der Waals surface area contributed by atoms with E-state index >= 15 is 0 Å². The summed E-state index contributed by atoms with van der Waals surface area (Å²) in [7, 11) is 0. The summed E-state index contributed by atoms with van der Waals surface area (Å²) >= 11 is 6.02. The van der Waals surface area contributed by atoms with Crippen LogP contribution >= 0.6 is 11.6 Å². The highest BCUT2D eigenvalue weighted by Gasteiger charge is 2.10. The smallest absolute Gasteiger partial charge is 0.336 e. The largest absolute Gasteiger partial charge is 0.478 e. The van der Waals surface area contributed by atoms with Crippen LogP contribution in [0.4, 0.5) is 0 Å². The van der Waals surface area contributed by atoms with E-state index < -0.39 is 5.97 Å². The first-order valence-electron chi connectivity index (χ1n) is 5.43. The number of benzene rings is 2. The van der Waals surface area contributed by atoms with E-state index in [1.165, 1.54) is 0 Å². The fraction of sp³-hybridized carbons (Fsp3) is 0. The lowest BCUT2D eigenvalue weighted by Gasteiger charge is -2.04. The van der Waals surface area contributed by atoms with Crippen molar-refractivity contribution in [2.45, 2.75) is 0 Å². The quantitative estimate of drug-likeness (QED) is 0.668. The molecule has 0 unspecified atom stereocenters. The topological polar surface area (TPSA) is 37.3 Å². The predicted octanol–water partition coefficient (Wildman–Crippen LogP) is 3.97. The lowest BCUT2D eigenvalue weighted by atomic mass is 10.0. The summed E-state index contributed by atoms with van der Waals surface area (Å²) in [6.07, 6.45) is 1.58. The lowest BCUT2D eigenvalue weighted by Crippen LogP contribution is -1.99. The molecule has 0 atom stereocenters. The number of hydrogen-bond acceptors (Lipinski definition) is 1. The second kappa shape index (κ2) is 5.52. The third-order valence-corrected chi connectivity index (χ3v) is 2.86. The van der Waals surface area contributed by atoms with Crippen molar-refractivity contribution >= 4 is 29.2 Å². The summed E-state index contributed by atoms with van der Waals surface area (Å²) in [6, 6.07) is 16.1. The molecule has 0 bridgehead atoms. The van der Waals surface area contributed by atoms with Crippen LogP contribution in [0.3, 0.4) is 0 Å². The number of carboxylic acid groups (broad SMARTS) is 1. The van der Waals surface area contributed by atoms with E-state index in [-0.39, 0.29) is 5.57 Å². The Morgan fingerprint density at radius 2 is 1.61 bits per heavy atom. The molecule has 0 aromatic heterocycles. The van der Waals surface area contributed by atoms with E-state index in [1.54, 1.807) is 42.5 Å². The highest BCUT2D eigenvalue weighted by atomic mass is 35.5. The average molecular weight is 259 g/mol. The van der Waals surface area contributed by atoms with Gasteiger partial charge in [0.15, 0.2) is 0 Å². The minimum atomic E-state index is -0.971. The maximum Gasteiger partial charge on any atom is 0.336 e. The summed E-state index contributed by atoms with van der Waals surface area (Å²) in [5.41, 5.74) is 1.58. The van der Waals surface area contributed by atoms with E-state index in [0.29, 0.717) is 16.1 Å². The minimum absolute atomic E-state index is 0.226. The van der Waals surface area contributed by atoms with E-state index in [1.807, 2.05) is 18.2 Å². The molecule has 0 radical (unpaired) electrons. The van der Waals surface area contributed by atoms with Gasteiger partial charge in [0.2, 0.25) is 0 Å². The summed E-state index contributed by atoms with van der Waals surface area (Å²) in [4.78, 5) is 11.3. The van der Waals surface area contributed by atoms with Gasteiger partial charge < -0.3 is 5.11 Å². The van der Waals surface area contributed by atoms with Crippen molar-refractivity contribution in [1.29, 1.82) is 0 Å². The van der Waals surface area contributed by atoms with Gasteiger partial charge in [0.25, 0.3) is 0 Å². The molecular weight excluding hydrogens is 248 g/mol. The molecule has 0 aliphatic heterocycles. The van der Waals surface area contributed by atoms with Crippen LogP contribution in [-0.4, -0.2) is 11.1 Å². The number of carboxylic acids is 1. The van der Waals surface area contributed by atoms with Crippen LogP contribution in [-0.2, 0) is 4.79 Å². The van der Waals surface area contributed by atoms with Crippen LogP contribution in [0, 0.1) is 0 Å². The molecule has 0 spiro atoms. The average Bonchev–Trinajstić information content (AvgIpc) is 2.38. The molecule has 0 saturated heterocycles. The van der Waals surface area contributed by atoms with Gasteiger partial charge in [0, 0.05) is 5.02 Å². The van der Waals surface area contributed by atoms with Gasteiger partial charge in [-0.05, 0) is 23.3 Å². The summed E-state index contributed by atoms with van der Waals surface area (Å²) in [6.45, 7) is 0. The maximum atomic E-state index is 11.3. The zero-order valence-electron chi connectivity index (χ0n) is 9.51. The lowest BCUT2D eigenvalue weighted by molar-refractivity contribution is -0.130. The fourth-order valence-electron chi connectivity index (χ4n) is 1.63. The molecule has 0 fully saturated rings. The molecule has 3 heteroatoms. The molecule has 90 valence electrons. The van der Waals surface area contributed by atoms with Crippen LogP contribution in [0.2, 0.25) is 5.02 Å². The molecule has 0 aliphatic rings. The Hall–Kier alpha value is -2.06. The number of rotatable bonds is 3. The second-order valence-corrected chi connectivity index (χ2v) is 4.16. The SMILES string of the molecule is O=C(O)/C(=C\c1ccccc1Cl)c1ccccc1. The molecule has 0 amide bonds. The van der Waals surface area contributed by atoms with Gasteiger partial charge in [-0.25, -0.2) is 4.79 Å². The molecular formula is C15H11ClO2. The van der Waals surface area contributed by atoms with Crippen LogP contribution in [0.15, 0.2) is 54.6 Å². The molecule has 2 rings (SSSR count). The summed E-state index contributed by atoms with van der Waals surface area (Å²) in [5.74, 6) is -0.971. The fourth-order valence-corrected chi connectivity index (χ4v) is 1.82. The third-order valence-electron chi connectivity index (χ3n) is 2.52. The Kier molecular flexibility index (Phi) is 3.80. The molecule has 0 saturated carbocycles. The van der Waals surface area contributed by atoms with Crippen LogP contribution in [0.5, 0.6) is 0 Å². The molecule has 18 heavy (non-hydrogen) atoms. The summed E-state index contributed by atoms with van der Waals surface area (Å²) < 4.78 is 0. The minimum Gasteiger partial charge on any atom is -0.478 e. The predicted molar refractivity (Wildman–Crippen MR) is 73.4 cm³/mol. The standard InChI is InChI=1S/C15H11ClO2/c16-14-9-5-4-8-12(14)10-13(15(17)18)11-6-2-1-3-7-11/h1-10H,(H,17,18)/b13-10-. The zero-order chi connectivity index (χ0) is 13.0. The van der Waals surface area contributed by atoms with E-state index in [0.717, 1.165) is 0 Å². The molecule has 2 aromatic carbocycles. The Balaban J connectivity index is 2.50. The van der Waals surface area contributed by atoms with Crippen molar-refractivity contribution in [1.82, 2.24) is 0 Å². The Bertz CT molecular complexity index is 588. The molecule has 0 heterocycles. The zero-order valence-corrected chi connectivity index (χ0v) is 10.3. The first-order chi connectivity index (χ1) is 8.68. The van der Waals surface area contributed by atoms with Gasteiger partial charge in [-0.2, -0.15) is 0 Å². The first-order valence-corrected chi connectivity index (χ1v) is 5.81. The Labute approximate surface area is 110 Å². The first kappa shape index (κ1) is 12.4. The van der Waals surface area contributed by atoms with E-state index in [9.17, 15) is 9.90 Å². The van der Waals surface area contributed by atoms with Gasteiger partial charge in [0.05, 0.1) is 5.57 Å². The van der Waals surface area contributed by atoms with Gasteiger partial charge in [0.1, 0.15) is 0 Å².